The van der Waals surface area contributed by atoms with Crippen molar-refractivity contribution in [3.8, 4) is 11.4 Å². The maximum absolute atomic E-state index is 14.7. The molecule has 0 radical (unpaired) electrons. The van der Waals surface area contributed by atoms with Gasteiger partial charge in [0.15, 0.2) is 5.84 Å². The molecule has 0 spiro atoms. The van der Waals surface area contributed by atoms with E-state index in [0.29, 0.717) is 31.0 Å². The van der Waals surface area contributed by atoms with Crippen LogP contribution in [0.15, 0.2) is 59.7 Å². The van der Waals surface area contributed by atoms with E-state index in [-0.39, 0.29) is 5.56 Å². The molecular formula is C25H24F2N4O3. The third kappa shape index (κ3) is 3.52. The first-order valence-electron chi connectivity index (χ1n) is 11.0. The molecule has 0 aliphatic carbocycles. The van der Waals surface area contributed by atoms with E-state index < -0.39 is 24.0 Å². The molecule has 3 heterocycles. The Hall–Kier alpha value is -3.72. The van der Waals surface area contributed by atoms with Crippen molar-refractivity contribution in [3.05, 3.63) is 83.0 Å². The molecule has 1 atom stereocenters. The quantitative estimate of drug-likeness (QED) is 0.612. The van der Waals surface area contributed by atoms with E-state index in [9.17, 15) is 13.9 Å². The number of halogens is 2. The van der Waals surface area contributed by atoms with Gasteiger partial charge in [0.2, 0.25) is 0 Å². The normalized spacial score (nSPS) is 20.8. The fourth-order valence-corrected chi connectivity index (χ4v) is 4.58. The zero-order valence-corrected chi connectivity index (χ0v) is 18.8. The number of imidazole rings is 1. The van der Waals surface area contributed by atoms with Gasteiger partial charge in [0.05, 0.1) is 30.4 Å². The van der Waals surface area contributed by atoms with Crippen LogP contribution in [0.2, 0.25) is 0 Å². The minimum atomic E-state index is -1.74. The van der Waals surface area contributed by atoms with Crippen molar-refractivity contribution >= 4 is 11.9 Å². The van der Waals surface area contributed by atoms with Crippen molar-refractivity contribution in [1.29, 1.82) is 0 Å². The van der Waals surface area contributed by atoms with Gasteiger partial charge >= 0.3 is 0 Å². The van der Waals surface area contributed by atoms with Crippen LogP contribution in [0.25, 0.3) is 11.8 Å². The van der Waals surface area contributed by atoms with E-state index in [1.54, 1.807) is 18.3 Å². The molecule has 34 heavy (non-hydrogen) atoms. The lowest BCUT2D eigenvalue weighted by atomic mass is 9.94. The number of hydrogen-bond acceptors (Lipinski definition) is 6. The maximum Gasteiger partial charge on any atom is 0.266 e. The zero-order valence-electron chi connectivity index (χ0n) is 18.8. The average Bonchev–Trinajstić information content (AvgIpc) is 3.44. The van der Waals surface area contributed by atoms with Gasteiger partial charge < -0.3 is 24.1 Å². The van der Waals surface area contributed by atoms with Crippen LogP contribution in [-0.2, 0) is 10.6 Å². The molecule has 5 rings (SSSR count). The first-order valence-corrected chi connectivity index (χ1v) is 11.0. The van der Waals surface area contributed by atoms with Crippen LogP contribution >= 0.6 is 0 Å². The number of aliphatic hydroxyl groups excluding tert-OH is 1. The highest BCUT2D eigenvalue weighted by Gasteiger charge is 2.52. The molecule has 3 aromatic rings. The lowest BCUT2D eigenvalue weighted by Gasteiger charge is -2.39. The standard InChI is InChI=1S/C25H24F2N4O3/c1-16-13-30(15-28-16)21-9-8-17(12-22(21)33-2)11-18-5-4-10-31-24(18)29-34-25(31,14-32)23-19(26)6-3-7-20(23)27/h3,6-9,11-13,15,32H,4-5,10,14H2,1-2H3/b18-11+/t25-/m1/s1. The summed E-state index contributed by atoms with van der Waals surface area (Å²) >= 11 is 0. The van der Waals surface area contributed by atoms with Gasteiger partial charge in [0.1, 0.15) is 24.0 Å². The van der Waals surface area contributed by atoms with Gasteiger partial charge in [-0.05, 0) is 61.2 Å². The van der Waals surface area contributed by atoms with Crippen molar-refractivity contribution in [3.63, 3.8) is 0 Å². The Morgan fingerprint density at radius 1 is 1.24 bits per heavy atom. The Kier molecular flexibility index (Phi) is 5.57. The number of oxime groups is 1. The number of methoxy groups -OCH3 is 1. The van der Waals surface area contributed by atoms with Gasteiger partial charge in [-0.25, -0.2) is 13.8 Å². The highest BCUT2D eigenvalue weighted by Crippen LogP contribution is 2.42. The van der Waals surface area contributed by atoms with Crippen molar-refractivity contribution in [2.45, 2.75) is 25.5 Å². The molecular weight excluding hydrogens is 442 g/mol. The van der Waals surface area contributed by atoms with Crippen LogP contribution in [0.5, 0.6) is 5.75 Å². The Bertz CT molecular complexity index is 1280. The molecule has 9 heteroatoms. The molecule has 1 fully saturated rings. The number of aliphatic hydroxyl groups is 1. The molecule has 1 aromatic heterocycles. The van der Waals surface area contributed by atoms with Crippen molar-refractivity contribution in [2.75, 3.05) is 20.3 Å². The number of ether oxygens (including phenoxy) is 1. The summed E-state index contributed by atoms with van der Waals surface area (Å²) in [5.74, 6) is -0.466. The number of nitrogens with zero attached hydrogens (tertiary/aromatic N) is 4. The Labute approximate surface area is 195 Å². The summed E-state index contributed by atoms with van der Waals surface area (Å²) in [6.07, 6.45) is 6.99. The second-order valence-electron chi connectivity index (χ2n) is 8.32. The van der Waals surface area contributed by atoms with E-state index in [2.05, 4.69) is 10.1 Å². The van der Waals surface area contributed by atoms with E-state index in [1.165, 1.54) is 6.07 Å². The molecule has 1 N–H and O–H groups in total. The second kappa shape index (κ2) is 8.57. The van der Waals surface area contributed by atoms with Crippen LogP contribution in [-0.4, -0.2) is 45.7 Å². The molecule has 2 aromatic carbocycles. The fraction of sp³-hybridized carbons (Fsp3) is 0.280. The number of aryl methyl sites for hydroxylation is 1. The number of rotatable bonds is 5. The smallest absolute Gasteiger partial charge is 0.266 e. The monoisotopic (exact) mass is 466 g/mol. The second-order valence-corrected chi connectivity index (χ2v) is 8.32. The van der Waals surface area contributed by atoms with Gasteiger partial charge in [-0.2, -0.15) is 0 Å². The van der Waals surface area contributed by atoms with Gasteiger partial charge in [-0.1, -0.05) is 17.3 Å². The summed E-state index contributed by atoms with van der Waals surface area (Å²) in [5, 5.41) is 14.4. The van der Waals surface area contributed by atoms with Gasteiger partial charge in [-0.15, -0.1) is 0 Å². The third-order valence-electron chi connectivity index (χ3n) is 6.19. The Morgan fingerprint density at radius 3 is 2.71 bits per heavy atom. The summed E-state index contributed by atoms with van der Waals surface area (Å²) in [5.41, 5.74) is 1.37. The first-order chi connectivity index (χ1) is 16.5. The summed E-state index contributed by atoms with van der Waals surface area (Å²) in [6.45, 7) is 1.70. The van der Waals surface area contributed by atoms with E-state index in [0.717, 1.165) is 34.7 Å². The first kappa shape index (κ1) is 22.1. The molecule has 0 amide bonds. The van der Waals surface area contributed by atoms with Crippen molar-refractivity contribution in [1.82, 2.24) is 14.5 Å². The van der Waals surface area contributed by atoms with E-state index >= 15 is 0 Å². The van der Waals surface area contributed by atoms with Gasteiger partial charge in [0, 0.05) is 12.7 Å². The summed E-state index contributed by atoms with van der Waals surface area (Å²) in [6, 6.07) is 9.36. The van der Waals surface area contributed by atoms with Crippen LogP contribution in [0, 0.1) is 18.6 Å². The molecule has 0 saturated carbocycles. The van der Waals surface area contributed by atoms with Crippen LogP contribution in [0.4, 0.5) is 8.78 Å². The molecule has 0 bridgehead atoms. The third-order valence-corrected chi connectivity index (χ3v) is 6.19. The zero-order chi connectivity index (χ0) is 23.9. The average molecular weight is 466 g/mol. The predicted octanol–water partition coefficient (Wildman–Crippen LogP) is 4.14. The number of piperidine rings is 1. The summed E-state index contributed by atoms with van der Waals surface area (Å²) < 4.78 is 36.8. The fourth-order valence-electron chi connectivity index (χ4n) is 4.58. The molecule has 176 valence electrons. The van der Waals surface area contributed by atoms with Gasteiger partial charge in [-0.3, -0.25) is 0 Å². The topological polar surface area (TPSA) is 72.1 Å². The molecule has 0 unspecified atom stereocenters. The number of hydrogen-bond donors (Lipinski definition) is 1. The summed E-state index contributed by atoms with van der Waals surface area (Å²) in [4.78, 5) is 11.5. The highest BCUT2D eigenvalue weighted by atomic mass is 19.1. The van der Waals surface area contributed by atoms with Crippen LogP contribution < -0.4 is 4.74 Å². The largest absolute Gasteiger partial charge is 0.495 e. The molecule has 1 saturated heterocycles. The van der Waals surface area contributed by atoms with E-state index in [4.69, 9.17) is 9.57 Å². The number of aromatic nitrogens is 2. The lowest BCUT2D eigenvalue weighted by molar-refractivity contribution is -0.141. The lowest BCUT2D eigenvalue weighted by Crippen LogP contribution is -2.52. The van der Waals surface area contributed by atoms with Gasteiger partial charge in [0.25, 0.3) is 5.72 Å². The minimum absolute atomic E-state index is 0.348. The van der Waals surface area contributed by atoms with Crippen molar-refractivity contribution < 1.29 is 23.5 Å². The summed E-state index contributed by atoms with van der Waals surface area (Å²) in [7, 11) is 1.61. The number of benzene rings is 2. The Morgan fingerprint density at radius 2 is 2.03 bits per heavy atom. The number of fused-ring (bicyclic) bond motifs is 1. The van der Waals surface area contributed by atoms with Crippen molar-refractivity contribution in [2.24, 2.45) is 5.16 Å². The molecule has 2 aliphatic heterocycles. The maximum atomic E-state index is 14.7. The molecule has 7 nitrogen and oxygen atoms in total. The van der Waals surface area contributed by atoms with Crippen LogP contribution in [0.3, 0.4) is 0 Å². The predicted molar refractivity (Wildman–Crippen MR) is 122 cm³/mol. The minimum Gasteiger partial charge on any atom is -0.495 e. The SMILES string of the molecule is COc1cc(/C=C2\CCCN3C2=NO[C@]3(CO)c2c(F)cccc2F)ccc1-n1cnc(C)c1. The highest BCUT2D eigenvalue weighted by molar-refractivity contribution is 6.03. The molecule has 2 aliphatic rings. The Balaban J connectivity index is 1.50. The van der Waals surface area contributed by atoms with E-state index in [1.807, 2.05) is 42.0 Å². The van der Waals surface area contributed by atoms with Crippen LogP contribution in [0.1, 0.15) is 29.7 Å². The number of amidine groups is 1.